The van der Waals surface area contributed by atoms with E-state index in [1.807, 2.05) is 0 Å². The molecule has 0 radical (unpaired) electrons. The molecule has 31 heavy (non-hydrogen) atoms. The minimum atomic E-state index is -0.221. The highest BCUT2D eigenvalue weighted by Gasteiger charge is 2.51. The zero-order valence-electron chi connectivity index (χ0n) is 18.2. The highest BCUT2D eigenvalue weighted by molar-refractivity contribution is 9.10. The fraction of sp³-hybridized carbons (Fsp3) is 0.680. The molecule has 1 aromatic carbocycles. The number of likely N-dealkylation sites (tertiary alicyclic amines) is 1. The normalized spacial score (nSPS) is 33.5. The summed E-state index contributed by atoms with van der Waals surface area (Å²) in [4.78, 5) is 14.9. The molecule has 6 rings (SSSR count). The lowest BCUT2D eigenvalue weighted by Crippen LogP contribution is -2.62. The summed E-state index contributed by atoms with van der Waals surface area (Å²) in [5.41, 5.74) is 1.45. The third-order valence-electron chi connectivity index (χ3n) is 7.96. The summed E-state index contributed by atoms with van der Waals surface area (Å²) < 4.78 is 6.75. The molecule has 0 unspecified atom stereocenters. The van der Waals surface area contributed by atoms with Gasteiger partial charge in [-0.15, -0.1) is 0 Å². The van der Waals surface area contributed by atoms with Gasteiger partial charge in [-0.3, -0.25) is 0 Å². The number of benzene rings is 1. The third kappa shape index (κ3) is 4.80. The predicted octanol–water partition coefficient (Wildman–Crippen LogP) is 5.23. The fourth-order valence-corrected chi connectivity index (χ4v) is 7.71. The Morgan fingerprint density at radius 1 is 1.13 bits per heavy atom. The summed E-state index contributed by atoms with van der Waals surface area (Å²) in [5, 5.41) is 4.58. The molecule has 0 aromatic heterocycles. The number of rotatable bonds is 6. The van der Waals surface area contributed by atoms with Gasteiger partial charge in [0.25, 0.3) is 0 Å². The summed E-state index contributed by atoms with van der Waals surface area (Å²) >= 11 is 9.32. The van der Waals surface area contributed by atoms with E-state index in [4.69, 9.17) is 17.0 Å². The van der Waals surface area contributed by atoms with Gasteiger partial charge < -0.3 is 15.0 Å². The molecule has 5 fully saturated rings. The van der Waals surface area contributed by atoms with Crippen LogP contribution in [0.2, 0.25) is 0 Å². The second kappa shape index (κ2) is 9.01. The molecule has 4 bridgehead atoms. The maximum Gasteiger partial charge on any atom is 0.328 e. The third-order valence-corrected chi connectivity index (χ3v) is 8.83. The van der Waals surface area contributed by atoms with Crippen molar-refractivity contribution in [2.45, 2.75) is 75.8 Å². The molecular formula is C25H33BrN2O2S. The van der Waals surface area contributed by atoms with Crippen LogP contribution < -0.4 is 5.32 Å². The van der Waals surface area contributed by atoms with Crippen LogP contribution in [0.5, 0.6) is 0 Å². The van der Waals surface area contributed by atoms with Crippen LogP contribution in [0.25, 0.3) is 0 Å². The molecule has 1 N–H and O–H groups in total. The average molecular weight is 506 g/mol. The molecule has 0 spiro atoms. The molecule has 1 aliphatic heterocycles. The number of aryl methyl sites for hydroxylation is 1. The van der Waals surface area contributed by atoms with Crippen molar-refractivity contribution in [3.8, 4) is 0 Å². The molecule has 4 saturated carbocycles. The van der Waals surface area contributed by atoms with Crippen molar-refractivity contribution in [1.29, 1.82) is 0 Å². The molecule has 1 saturated heterocycles. The number of carbonyl (C=O) groups is 1. The Labute approximate surface area is 199 Å². The Hall–Kier alpha value is -1.14. The van der Waals surface area contributed by atoms with E-state index < -0.39 is 0 Å². The van der Waals surface area contributed by atoms with Crippen LogP contribution in [0.1, 0.15) is 63.4 Å². The SMILES string of the molecule is O=C(OCCCc1ccc(Br)cc1)[C@@H]1CCCN1C(=S)NC12CC3CC(CC(C3)C1)C2. The Bertz CT molecular complexity index is 792. The highest BCUT2D eigenvalue weighted by Crippen LogP contribution is 2.55. The van der Waals surface area contributed by atoms with E-state index in [-0.39, 0.29) is 17.6 Å². The van der Waals surface area contributed by atoms with Gasteiger partial charge in [0.15, 0.2) is 5.11 Å². The smallest absolute Gasteiger partial charge is 0.328 e. The predicted molar refractivity (Wildman–Crippen MR) is 130 cm³/mol. The molecule has 4 aliphatic carbocycles. The van der Waals surface area contributed by atoms with Crippen molar-refractivity contribution in [3.63, 3.8) is 0 Å². The first-order valence-electron chi connectivity index (χ1n) is 12.0. The maximum atomic E-state index is 12.8. The number of hydrogen-bond donors (Lipinski definition) is 1. The van der Waals surface area contributed by atoms with Gasteiger partial charge in [0.1, 0.15) is 6.04 Å². The molecule has 6 heteroatoms. The lowest BCUT2D eigenvalue weighted by Gasteiger charge is -2.57. The maximum absolute atomic E-state index is 12.8. The van der Waals surface area contributed by atoms with Crippen LogP contribution in [0.3, 0.4) is 0 Å². The van der Waals surface area contributed by atoms with Gasteiger partial charge in [-0.25, -0.2) is 4.79 Å². The van der Waals surface area contributed by atoms with Gasteiger partial charge in [-0.2, -0.15) is 0 Å². The van der Waals surface area contributed by atoms with Crippen LogP contribution in [-0.2, 0) is 16.0 Å². The van der Waals surface area contributed by atoms with Crippen molar-refractivity contribution < 1.29 is 9.53 Å². The second-order valence-electron chi connectivity index (χ2n) is 10.4. The number of halogens is 1. The number of nitrogens with zero attached hydrogens (tertiary/aromatic N) is 1. The number of ether oxygens (including phenoxy) is 1. The van der Waals surface area contributed by atoms with Crippen molar-refractivity contribution in [2.75, 3.05) is 13.2 Å². The Morgan fingerprint density at radius 3 is 2.42 bits per heavy atom. The van der Waals surface area contributed by atoms with E-state index in [1.54, 1.807) is 0 Å². The van der Waals surface area contributed by atoms with Gasteiger partial charge in [-0.1, -0.05) is 28.1 Å². The number of hydrogen-bond acceptors (Lipinski definition) is 3. The number of nitrogens with one attached hydrogen (secondary N) is 1. The van der Waals surface area contributed by atoms with Crippen molar-refractivity contribution in [1.82, 2.24) is 10.2 Å². The van der Waals surface area contributed by atoms with Crippen LogP contribution in [0.15, 0.2) is 28.7 Å². The van der Waals surface area contributed by atoms with Gasteiger partial charge in [0, 0.05) is 16.6 Å². The van der Waals surface area contributed by atoms with Crippen molar-refractivity contribution >= 4 is 39.2 Å². The van der Waals surface area contributed by atoms with E-state index in [9.17, 15) is 4.79 Å². The zero-order valence-corrected chi connectivity index (χ0v) is 20.6. The largest absolute Gasteiger partial charge is 0.464 e. The minimum Gasteiger partial charge on any atom is -0.464 e. The molecule has 0 amide bonds. The first-order chi connectivity index (χ1) is 15.0. The lowest BCUT2D eigenvalue weighted by molar-refractivity contribution is -0.147. The van der Waals surface area contributed by atoms with E-state index in [2.05, 4.69) is 50.4 Å². The van der Waals surface area contributed by atoms with Gasteiger partial charge in [-0.05, 0) is 112 Å². The van der Waals surface area contributed by atoms with Crippen molar-refractivity contribution in [2.24, 2.45) is 17.8 Å². The molecule has 1 heterocycles. The number of thiocarbonyl (C=S) groups is 1. The second-order valence-corrected chi connectivity index (χ2v) is 11.7. The quantitative estimate of drug-likeness (QED) is 0.326. The highest BCUT2D eigenvalue weighted by atomic mass is 79.9. The van der Waals surface area contributed by atoms with Gasteiger partial charge in [0.05, 0.1) is 6.61 Å². The van der Waals surface area contributed by atoms with Crippen LogP contribution in [-0.4, -0.2) is 40.7 Å². The first-order valence-corrected chi connectivity index (χ1v) is 13.2. The van der Waals surface area contributed by atoms with Gasteiger partial charge in [0.2, 0.25) is 0 Å². The summed E-state index contributed by atoms with van der Waals surface area (Å²) in [5.74, 6) is 2.54. The molecule has 1 aromatic rings. The summed E-state index contributed by atoms with van der Waals surface area (Å²) in [6, 6.07) is 8.10. The van der Waals surface area contributed by atoms with Gasteiger partial charge >= 0.3 is 5.97 Å². The molecule has 4 nitrogen and oxygen atoms in total. The fourth-order valence-electron chi connectivity index (χ4n) is 7.01. The monoisotopic (exact) mass is 504 g/mol. The molecular weight excluding hydrogens is 472 g/mol. The van der Waals surface area contributed by atoms with Crippen LogP contribution >= 0.6 is 28.1 Å². The standard InChI is InChI=1S/C25H33BrN2O2S/c26-21-7-5-17(6-8-21)3-2-10-30-23(29)22-4-1-9-28(22)24(31)27-25-14-18-11-19(15-25)13-20(12-18)16-25/h5-8,18-20,22H,1-4,9-16H2,(H,27,31)/t18?,19?,20?,22-,25?/m0/s1. The van der Waals surface area contributed by atoms with E-state index in [0.717, 1.165) is 59.6 Å². The van der Waals surface area contributed by atoms with Crippen LogP contribution in [0, 0.1) is 17.8 Å². The van der Waals surface area contributed by atoms with E-state index >= 15 is 0 Å². The van der Waals surface area contributed by atoms with E-state index in [0.29, 0.717) is 6.61 Å². The Balaban J connectivity index is 1.12. The number of esters is 1. The van der Waals surface area contributed by atoms with Crippen LogP contribution in [0.4, 0.5) is 0 Å². The zero-order chi connectivity index (χ0) is 21.4. The molecule has 1 atom stereocenters. The molecule has 168 valence electrons. The number of carbonyl (C=O) groups excluding carboxylic acids is 1. The lowest BCUT2D eigenvalue weighted by atomic mass is 9.53. The Morgan fingerprint density at radius 2 is 1.77 bits per heavy atom. The van der Waals surface area contributed by atoms with E-state index in [1.165, 1.54) is 44.1 Å². The minimum absolute atomic E-state index is 0.108. The van der Waals surface area contributed by atoms with Crippen molar-refractivity contribution in [3.05, 3.63) is 34.3 Å². The average Bonchev–Trinajstić information content (AvgIpc) is 3.21. The topological polar surface area (TPSA) is 41.6 Å². The first kappa shape index (κ1) is 21.7. The molecule has 5 aliphatic rings. The summed E-state index contributed by atoms with van der Waals surface area (Å²) in [6.07, 6.45) is 11.7. The Kier molecular flexibility index (Phi) is 6.31. The summed E-state index contributed by atoms with van der Waals surface area (Å²) in [7, 11) is 0. The summed E-state index contributed by atoms with van der Waals surface area (Å²) in [6.45, 7) is 1.32.